The van der Waals surface area contributed by atoms with Crippen molar-refractivity contribution in [1.82, 2.24) is 15.5 Å². The number of rotatable bonds is 6. The van der Waals surface area contributed by atoms with Crippen molar-refractivity contribution in [2.75, 3.05) is 12.8 Å². The Bertz CT molecular complexity index is 1480. The van der Waals surface area contributed by atoms with Crippen LogP contribution in [0.15, 0.2) is 47.4 Å². The van der Waals surface area contributed by atoms with Crippen molar-refractivity contribution in [2.45, 2.75) is 54.9 Å². The van der Waals surface area contributed by atoms with Crippen molar-refractivity contribution in [1.29, 1.82) is 0 Å². The second kappa shape index (κ2) is 10.2. The van der Waals surface area contributed by atoms with Crippen LogP contribution in [0.2, 0.25) is 0 Å². The van der Waals surface area contributed by atoms with E-state index >= 15 is 4.39 Å². The molecule has 2 saturated heterocycles. The Morgan fingerprint density at radius 2 is 1.88 bits per heavy atom. The number of alkyl halides is 3. The van der Waals surface area contributed by atoms with E-state index in [9.17, 15) is 36.0 Å². The molecule has 0 spiro atoms. The molecular weight excluding hydrogens is 554 g/mol. The van der Waals surface area contributed by atoms with Gasteiger partial charge in [-0.25, -0.2) is 12.8 Å². The number of nitrogens with zero attached hydrogens (tertiary/aromatic N) is 1. The van der Waals surface area contributed by atoms with E-state index in [0.29, 0.717) is 18.9 Å². The van der Waals surface area contributed by atoms with E-state index in [2.05, 4.69) is 10.6 Å². The van der Waals surface area contributed by atoms with Crippen molar-refractivity contribution in [3.63, 3.8) is 0 Å². The van der Waals surface area contributed by atoms with Gasteiger partial charge in [0, 0.05) is 42.3 Å². The third-order valence-electron chi connectivity index (χ3n) is 8.08. The Balaban J connectivity index is 1.44. The molecule has 2 N–H and O–H groups in total. The maximum atomic E-state index is 15.0. The van der Waals surface area contributed by atoms with Crippen molar-refractivity contribution < 1.29 is 40.4 Å². The van der Waals surface area contributed by atoms with Gasteiger partial charge in [-0.05, 0) is 55.5 Å². The van der Waals surface area contributed by atoms with Gasteiger partial charge in [0.25, 0.3) is 5.91 Å². The molecule has 2 aromatic rings. The minimum atomic E-state index is -4.76. The van der Waals surface area contributed by atoms with E-state index in [0.717, 1.165) is 24.8 Å². The molecule has 214 valence electrons. The zero-order chi connectivity index (χ0) is 29.0. The van der Waals surface area contributed by atoms with Gasteiger partial charge in [-0.3, -0.25) is 14.4 Å². The molecule has 8 nitrogen and oxygen atoms in total. The van der Waals surface area contributed by atoms with Crippen molar-refractivity contribution >= 4 is 27.6 Å². The molecule has 2 unspecified atom stereocenters. The lowest BCUT2D eigenvalue weighted by atomic mass is 9.80. The van der Waals surface area contributed by atoms with Crippen LogP contribution in [-0.4, -0.2) is 55.9 Å². The summed E-state index contributed by atoms with van der Waals surface area (Å²) in [6.07, 6.45) is -2.03. The van der Waals surface area contributed by atoms with Crippen molar-refractivity contribution in [3.05, 3.63) is 65.0 Å². The number of likely N-dealkylation sites (tertiary alicyclic amines) is 1. The first kappa shape index (κ1) is 28.1. The number of fused-ring (bicyclic) bond motifs is 1. The molecule has 0 aromatic heterocycles. The Hall–Kier alpha value is -3.48. The van der Waals surface area contributed by atoms with Gasteiger partial charge >= 0.3 is 6.18 Å². The summed E-state index contributed by atoms with van der Waals surface area (Å²) in [5.41, 5.74) is -1.27. The lowest BCUT2D eigenvalue weighted by Gasteiger charge is -2.37. The van der Waals surface area contributed by atoms with Gasteiger partial charge in [0.1, 0.15) is 11.9 Å². The van der Waals surface area contributed by atoms with Crippen LogP contribution in [0.25, 0.3) is 0 Å². The molecule has 5 rings (SSSR count). The molecule has 3 fully saturated rings. The Labute approximate surface area is 228 Å². The van der Waals surface area contributed by atoms with E-state index < -0.39 is 57.2 Å². The Morgan fingerprint density at radius 3 is 2.45 bits per heavy atom. The summed E-state index contributed by atoms with van der Waals surface area (Å²) in [5, 5.41) is 5.34. The van der Waals surface area contributed by atoms with Gasteiger partial charge in [-0.15, -0.1) is 0 Å². The van der Waals surface area contributed by atoms with Gasteiger partial charge < -0.3 is 15.5 Å². The highest BCUT2D eigenvalue weighted by Crippen LogP contribution is 2.45. The first-order valence-electron chi connectivity index (χ1n) is 12.8. The number of hydrogen-bond acceptors (Lipinski definition) is 5. The van der Waals surface area contributed by atoms with E-state index in [4.69, 9.17) is 0 Å². The predicted molar refractivity (Wildman–Crippen MR) is 134 cm³/mol. The number of benzene rings is 2. The summed E-state index contributed by atoms with van der Waals surface area (Å²) in [5.74, 6) is -3.22. The van der Waals surface area contributed by atoms with Crippen LogP contribution in [0.4, 0.5) is 17.6 Å². The number of sulfone groups is 1. The van der Waals surface area contributed by atoms with Crippen molar-refractivity contribution in [3.8, 4) is 0 Å². The van der Waals surface area contributed by atoms with Gasteiger partial charge in [-0.2, -0.15) is 13.2 Å². The summed E-state index contributed by atoms with van der Waals surface area (Å²) in [7, 11) is -3.59. The maximum absolute atomic E-state index is 15.0. The number of carbonyl (C=O) groups excluding carboxylic acids is 3. The molecule has 1 aliphatic carbocycles. The number of hydrogen-bond donors (Lipinski definition) is 2. The van der Waals surface area contributed by atoms with Crippen LogP contribution in [0.3, 0.4) is 0 Å². The number of nitrogens with one attached hydrogen (secondary N) is 2. The summed E-state index contributed by atoms with van der Waals surface area (Å²) < 4.78 is 78.5. The SMILES string of the molecule is CS(=O)(=O)c1cccc(C(=O)N2[C@@H](C(=O)NC(c3ccc(C(F)(F)F)cc3F)C3CNC(=O)C3)C[C@H]3CC[C@H]32)c1. The van der Waals surface area contributed by atoms with Crippen LogP contribution in [0, 0.1) is 17.7 Å². The van der Waals surface area contributed by atoms with Gasteiger partial charge in [0.2, 0.25) is 11.8 Å². The molecule has 0 radical (unpaired) electrons. The third-order valence-corrected chi connectivity index (χ3v) is 9.19. The van der Waals surface area contributed by atoms with Crippen LogP contribution >= 0.6 is 0 Å². The zero-order valence-electron chi connectivity index (χ0n) is 21.4. The van der Waals surface area contributed by atoms with Crippen LogP contribution < -0.4 is 10.6 Å². The average molecular weight is 582 g/mol. The molecule has 3 amide bonds. The van der Waals surface area contributed by atoms with Gasteiger partial charge in [0.15, 0.2) is 9.84 Å². The second-order valence-electron chi connectivity index (χ2n) is 10.7. The standard InChI is InChI=1S/C27H27F4N3O5S/c1-40(38,39)18-4-2-3-15(9-18)26(37)34-21-8-5-14(21)10-22(34)25(36)33-24(16-11-23(35)32-13-16)19-7-6-17(12-20(19)28)27(29,30)31/h2-4,6-7,9,12,14,16,21-22,24H,5,8,10-11,13H2,1H3,(H,32,35)(H,33,36)/t14-,16?,21-,22-,24?/m1/s1. The number of amides is 3. The molecule has 2 aliphatic heterocycles. The first-order chi connectivity index (χ1) is 18.7. The quantitative estimate of drug-likeness (QED) is 0.509. The zero-order valence-corrected chi connectivity index (χ0v) is 22.2. The average Bonchev–Trinajstić information content (AvgIpc) is 3.41. The Morgan fingerprint density at radius 1 is 1.12 bits per heavy atom. The molecule has 2 heterocycles. The lowest BCUT2D eigenvalue weighted by molar-refractivity contribution is -0.137. The van der Waals surface area contributed by atoms with E-state index in [1.54, 1.807) is 0 Å². The number of halogens is 4. The highest BCUT2D eigenvalue weighted by molar-refractivity contribution is 7.90. The first-order valence-corrected chi connectivity index (χ1v) is 14.7. The smallest absolute Gasteiger partial charge is 0.356 e. The molecule has 13 heteroatoms. The largest absolute Gasteiger partial charge is 0.416 e. The molecule has 2 aromatic carbocycles. The molecular formula is C27H27F4N3O5S. The molecule has 40 heavy (non-hydrogen) atoms. The Kier molecular flexibility index (Phi) is 7.13. The summed E-state index contributed by atoms with van der Waals surface area (Å²) in [6, 6.07) is 5.26. The van der Waals surface area contributed by atoms with Crippen LogP contribution in [0.5, 0.6) is 0 Å². The van der Waals surface area contributed by atoms with E-state index in [1.165, 1.54) is 29.2 Å². The van der Waals surface area contributed by atoms with Gasteiger partial charge in [-0.1, -0.05) is 12.1 Å². The minimum absolute atomic E-state index is 0.0417. The fraction of sp³-hybridized carbons (Fsp3) is 0.444. The third kappa shape index (κ3) is 5.30. The summed E-state index contributed by atoms with van der Waals surface area (Å²) in [6.45, 7) is 0.0844. The molecule has 1 saturated carbocycles. The molecule has 3 aliphatic rings. The number of carbonyl (C=O) groups is 3. The topological polar surface area (TPSA) is 113 Å². The highest BCUT2D eigenvalue weighted by Gasteiger charge is 2.51. The fourth-order valence-electron chi connectivity index (χ4n) is 5.88. The predicted octanol–water partition coefficient (Wildman–Crippen LogP) is 3.23. The van der Waals surface area contributed by atoms with Gasteiger partial charge in [0.05, 0.1) is 16.5 Å². The summed E-state index contributed by atoms with van der Waals surface area (Å²) in [4.78, 5) is 40.6. The van der Waals surface area contributed by atoms with Crippen LogP contribution in [-0.2, 0) is 25.6 Å². The summed E-state index contributed by atoms with van der Waals surface area (Å²) >= 11 is 0. The van der Waals surface area contributed by atoms with E-state index in [1.807, 2.05) is 0 Å². The van der Waals surface area contributed by atoms with Crippen LogP contribution in [0.1, 0.15) is 53.2 Å². The lowest BCUT2D eigenvalue weighted by Crippen LogP contribution is -2.51. The van der Waals surface area contributed by atoms with E-state index in [-0.39, 0.29) is 46.9 Å². The minimum Gasteiger partial charge on any atom is -0.356 e. The second-order valence-corrected chi connectivity index (χ2v) is 12.7. The maximum Gasteiger partial charge on any atom is 0.416 e. The molecule has 5 atom stereocenters. The van der Waals surface area contributed by atoms with Crippen molar-refractivity contribution in [2.24, 2.45) is 11.8 Å². The highest BCUT2D eigenvalue weighted by atomic mass is 32.2. The normalized spacial score (nSPS) is 25.1. The molecule has 0 bridgehead atoms. The fourth-order valence-corrected chi connectivity index (χ4v) is 6.54. The monoisotopic (exact) mass is 581 g/mol.